The molecule has 1 fully saturated rings. The molecule has 1 unspecified atom stereocenters. The zero-order valence-electron chi connectivity index (χ0n) is 13.0. The summed E-state index contributed by atoms with van der Waals surface area (Å²) in [5.74, 6) is -0.00566. The van der Waals surface area contributed by atoms with Gasteiger partial charge in [-0.3, -0.25) is 9.59 Å². The minimum Gasteiger partial charge on any atom is -0.365 e. The second kappa shape index (κ2) is 6.38. The van der Waals surface area contributed by atoms with E-state index >= 15 is 0 Å². The summed E-state index contributed by atoms with van der Waals surface area (Å²) in [4.78, 5) is 28.4. The van der Waals surface area contributed by atoms with Crippen LogP contribution in [0.25, 0.3) is 0 Å². The fourth-order valence-corrected chi connectivity index (χ4v) is 3.46. The summed E-state index contributed by atoms with van der Waals surface area (Å²) in [6.07, 6.45) is 2.85. The van der Waals surface area contributed by atoms with Crippen molar-refractivity contribution in [1.29, 1.82) is 0 Å². The molecule has 0 spiro atoms. The highest BCUT2D eigenvalue weighted by Gasteiger charge is 2.35. The first-order chi connectivity index (χ1) is 10.7. The quantitative estimate of drug-likeness (QED) is 0.924. The van der Waals surface area contributed by atoms with E-state index in [2.05, 4.69) is 16.3 Å². The SMILES string of the molecule is CCNC(=O)CCC(=O)N1CC2CCCN2c2ccccc21. The highest BCUT2D eigenvalue weighted by Crippen LogP contribution is 2.39. The van der Waals surface area contributed by atoms with Crippen LogP contribution in [-0.2, 0) is 9.59 Å². The van der Waals surface area contributed by atoms with Gasteiger partial charge < -0.3 is 15.1 Å². The third-order valence-corrected chi connectivity index (χ3v) is 4.49. The average molecular weight is 301 g/mol. The first-order valence-electron chi connectivity index (χ1n) is 8.13. The highest BCUT2D eigenvalue weighted by molar-refractivity contribution is 5.99. The van der Waals surface area contributed by atoms with E-state index in [0.717, 1.165) is 30.9 Å². The molecule has 118 valence electrons. The predicted molar refractivity (Wildman–Crippen MR) is 87.1 cm³/mol. The van der Waals surface area contributed by atoms with Gasteiger partial charge in [-0.15, -0.1) is 0 Å². The van der Waals surface area contributed by atoms with Crippen LogP contribution in [0.5, 0.6) is 0 Å². The maximum absolute atomic E-state index is 12.6. The van der Waals surface area contributed by atoms with Crippen molar-refractivity contribution in [1.82, 2.24) is 5.32 Å². The highest BCUT2D eigenvalue weighted by atomic mass is 16.2. The van der Waals surface area contributed by atoms with Crippen molar-refractivity contribution in [3.8, 4) is 0 Å². The number of nitrogens with one attached hydrogen (secondary N) is 1. The Labute approximate surface area is 131 Å². The van der Waals surface area contributed by atoms with Crippen LogP contribution >= 0.6 is 0 Å². The number of rotatable bonds is 4. The van der Waals surface area contributed by atoms with Crippen LogP contribution in [0, 0.1) is 0 Å². The van der Waals surface area contributed by atoms with Crippen molar-refractivity contribution >= 4 is 23.2 Å². The van der Waals surface area contributed by atoms with Crippen LogP contribution in [0.2, 0.25) is 0 Å². The Bertz CT molecular complexity index is 573. The van der Waals surface area contributed by atoms with E-state index in [1.807, 2.05) is 30.0 Å². The Morgan fingerprint density at radius 1 is 1.23 bits per heavy atom. The number of hydrogen-bond donors (Lipinski definition) is 1. The molecule has 5 nitrogen and oxygen atoms in total. The Morgan fingerprint density at radius 2 is 2.00 bits per heavy atom. The van der Waals surface area contributed by atoms with Gasteiger partial charge in [0.1, 0.15) is 0 Å². The monoisotopic (exact) mass is 301 g/mol. The molecule has 1 N–H and O–H groups in total. The number of amides is 2. The standard InChI is InChI=1S/C17H23N3O2/c1-2-18-16(21)9-10-17(22)20-12-13-6-5-11-19(13)14-7-3-4-8-15(14)20/h3-4,7-8,13H,2,5-6,9-12H2,1H3,(H,18,21). The zero-order valence-corrected chi connectivity index (χ0v) is 13.0. The largest absolute Gasteiger partial charge is 0.365 e. The van der Waals surface area contributed by atoms with E-state index in [1.54, 1.807) is 0 Å². The molecule has 2 heterocycles. The van der Waals surface area contributed by atoms with Crippen molar-refractivity contribution in [2.75, 3.05) is 29.4 Å². The minimum atomic E-state index is -0.0522. The topological polar surface area (TPSA) is 52.7 Å². The lowest BCUT2D eigenvalue weighted by molar-refractivity contribution is -0.125. The van der Waals surface area contributed by atoms with Gasteiger partial charge in [0.25, 0.3) is 0 Å². The number of benzene rings is 1. The summed E-state index contributed by atoms with van der Waals surface area (Å²) in [7, 11) is 0. The molecule has 2 amide bonds. The van der Waals surface area contributed by atoms with Crippen LogP contribution in [-0.4, -0.2) is 37.5 Å². The summed E-state index contributed by atoms with van der Waals surface area (Å²) in [5, 5.41) is 2.74. The molecule has 0 aliphatic carbocycles. The van der Waals surface area contributed by atoms with Crippen LogP contribution in [0.15, 0.2) is 24.3 Å². The summed E-state index contributed by atoms with van der Waals surface area (Å²) >= 11 is 0. The first-order valence-corrected chi connectivity index (χ1v) is 8.13. The molecule has 2 aliphatic rings. The Hall–Kier alpha value is -2.04. The molecular formula is C17H23N3O2. The van der Waals surface area contributed by atoms with Gasteiger partial charge in [-0.2, -0.15) is 0 Å². The van der Waals surface area contributed by atoms with E-state index in [1.165, 1.54) is 6.42 Å². The third kappa shape index (κ3) is 2.80. The van der Waals surface area contributed by atoms with Crippen molar-refractivity contribution in [3.05, 3.63) is 24.3 Å². The van der Waals surface area contributed by atoms with E-state index in [0.29, 0.717) is 12.6 Å². The number of nitrogens with zero attached hydrogens (tertiary/aromatic N) is 2. The molecule has 0 bridgehead atoms. The Morgan fingerprint density at radius 3 is 2.77 bits per heavy atom. The van der Waals surface area contributed by atoms with E-state index < -0.39 is 0 Å². The number of carbonyl (C=O) groups excluding carboxylic acids is 2. The molecular weight excluding hydrogens is 278 g/mol. The van der Waals surface area contributed by atoms with Crippen LogP contribution in [0.4, 0.5) is 11.4 Å². The molecule has 0 saturated carbocycles. The maximum Gasteiger partial charge on any atom is 0.227 e. The van der Waals surface area contributed by atoms with Gasteiger partial charge in [0.2, 0.25) is 11.8 Å². The van der Waals surface area contributed by atoms with E-state index in [-0.39, 0.29) is 24.7 Å². The van der Waals surface area contributed by atoms with Crippen LogP contribution in [0.1, 0.15) is 32.6 Å². The molecule has 1 atom stereocenters. The van der Waals surface area contributed by atoms with Crippen molar-refractivity contribution in [3.63, 3.8) is 0 Å². The maximum atomic E-state index is 12.6. The summed E-state index contributed by atoms with van der Waals surface area (Å²) in [5.41, 5.74) is 2.14. The summed E-state index contributed by atoms with van der Waals surface area (Å²) in [6, 6.07) is 8.52. The Kier molecular flexibility index (Phi) is 4.32. The van der Waals surface area contributed by atoms with Gasteiger partial charge in [-0.25, -0.2) is 0 Å². The lowest BCUT2D eigenvalue weighted by Crippen LogP contribution is -2.48. The van der Waals surface area contributed by atoms with Crippen molar-refractivity contribution in [2.45, 2.75) is 38.6 Å². The number of hydrogen-bond acceptors (Lipinski definition) is 3. The molecule has 1 saturated heterocycles. The van der Waals surface area contributed by atoms with Crippen LogP contribution in [0.3, 0.4) is 0 Å². The molecule has 5 heteroatoms. The molecule has 2 aliphatic heterocycles. The number of anilines is 2. The van der Waals surface area contributed by atoms with Gasteiger partial charge in [0.05, 0.1) is 11.4 Å². The second-order valence-electron chi connectivity index (χ2n) is 5.94. The lowest BCUT2D eigenvalue weighted by atomic mass is 10.1. The predicted octanol–water partition coefficient (Wildman–Crippen LogP) is 1.92. The molecule has 0 radical (unpaired) electrons. The molecule has 1 aromatic carbocycles. The number of fused-ring (bicyclic) bond motifs is 3. The number of para-hydroxylation sites is 2. The van der Waals surface area contributed by atoms with Gasteiger partial charge in [0, 0.05) is 38.5 Å². The van der Waals surface area contributed by atoms with Gasteiger partial charge >= 0.3 is 0 Å². The third-order valence-electron chi connectivity index (χ3n) is 4.49. The van der Waals surface area contributed by atoms with Gasteiger partial charge in [-0.05, 0) is 31.9 Å². The van der Waals surface area contributed by atoms with E-state index in [4.69, 9.17) is 0 Å². The summed E-state index contributed by atoms with van der Waals surface area (Å²) in [6.45, 7) is 4.31. The fourth-order valence-electron chi connectivity index (χ4n) is 3.46. The summed E-state index contributed by atoms with van der Waals surface area (Å²) < 4.78 is 0. The molecule has 0 aromatic heterocycles. The first kappa shape index (κ1) is 14.9. The average Bonchev–Trinajstić information content (AvgIpc) is 3.01. The van der Waals surface area contributed by atoms with E-state index in [9.17, 15) is 9.59 Å². The van der Waals surface area contributed by atoms with Crippen molar-refractivity contribution < 1.29 is 9.59 Å². The fraction of sp³-hybridized carbons (Fsp3) is 0.529. The van der Waals surface area contributed by atoms with Crippen LogP contribution < -0.4 is 15.1 Å². The lowest BCUT2D eigenvalue weighted by Gasteiger charge is -2.40. The second-order valence-corrected chi connectivity index (χ2v) is 5.94. The Balaban J connectivity index is 1.75. The number of carbonyl (C=O) groups is 2. The van der Waals surface area contributed by atoms with Crippen molar-refractivity contribution in [2.24, 2.45) is 0 Å². The zero-order chi connectivity index (χ0) is 15.5. The molecule has 1 aromatic rings. The molecule has 3 rings (SSSR count). The normalized spacial score (nSPS) is 19.6. The van der Waals surface area contributed by atoms with Gasteiger partial charge in [-0.1, -0.05) is 12.1 Å². The minimum absolute atomic E-state index is 0.0465. The van der Waals surface area contributed by atoms with Gasteiger partial charge in [0.15, 0.2) is 0 Å². The molecule has 22 heavy (non-hydrogen) atoms. The smallest absolute Gasteiger partial charge is 0.227 e.